The van der Waals surface area contributed by atoms with E-state index < -0.39 is 11.9 Å². The van der Waals surface area contributed by atoms with Crippen LogP contribution in [-0.2, 0) is 4.79 Å². The molecule has 0 radical (unpaired) electrons. The van der Waals surface area contributed by atoms with E-state index in [0.29, 0.717) is 25.4 Å². The lowest BCUT2D eigenvalue weighted by Gasteiger charge is -2.33. The number of urea groups is 1. The van der Waals surface area contributed by atoms with Gasteiger partial charge in [-0.1, -0.05) is 26.2 Å². The van der Waals surface area contributed by atoms with Gasteiger partial charge in [-0.05, 0) is 31.6 Å². The number of nitrogens with zero attached hydrogens (tertiary/aromatic N) is 1. The Kier molecular flexibility index (Phi) is 5.26. The molecule has 114 valence electrons. The standard InChI is InChI=1S/C15H26N2O3/c1-11-6-3-2-4-8-13(11)16-15(20)17-9-5-7-12(10-17)14(18)19/h11-13H,2-10H2,1H3,(H,16,20)(H,18,19)/t11?,12-,13?/m0/s1. The normalized spacial score (nSPS) is 31.4. The first-order chi connectivity index (χ1) is 9.58. The quantitative estimate of drug-likeness (QED) is 0.764. The van der Waals surface area contributed by atoms with Gasteiger partial charge in [-0.25, -0.2) is 4.79 Å². The summed E-state index contributed by atoms with van der Waals surface area (Å²) < 4.78 is 0. The van der Waals surface area contributed by atoms with Crippen LogP contribution in [0.2, 0.25) is 0 Å². The second-order valence-corrected chi connectivity index (χ2v) is 6.29. The van der Waals surface area contributed by atoms with Gasteiger partial charge in [0.15, 0.2) is 0 Å². The molecule has 5 heteroatoms. The summed E-state index contributed by atoms with van der Waals surface area (Å²) in [6.07, 6.45) is 7.35. The van der Waals surface area contributed by atoms with Crippen molar-refractivity contribution >= 4 is 12.0 Å². The third-order valence-corrected chi connectivity index (χ3v) is 4.73. The Balaban J connectivity index is 1.88. The van der Waals surface area contributed by atoms with E-state index in [0.717, 1.165) is 12.8 Å². The molecule has 2 N–H and O–H groups in total. The molecule has 5 nitrogen and oxygen atoms in total. The lowest BCUT2D eigenvalue weighted by molar-refractivity contribution is -0.143. The van der Waals surface area contributed by atoms with Gasteiger partial charge < -0.3 is 15.3 Å². The second-order valence-electron chi connectivity index (χ2n) is 6.29. The van der Waals surface area contributed by atoms with Crippen LogP contribution in [0, 0.1) is 11.8 Å². The Morgan fingerprint density at radius 3 is 2.60 bits per heavy atom. The van der Waals surface area contributed by atoms with Gasteiger partial charge in [-0.2, -0.15) is 0 Å². The average Bonchev–Trinajstić information content (AvgIpc) is 2.64. The largest absolute Gasteiger partial charge is 0.481 e. The molecular formula is C15H26N2O3. The molecule has 1 heterocycles. The summed E-state index contributed by atoms with van der Waals surface area (Å²) in [7, 11) is 0. The summed E-state index contributed by atoms with van der Waals surface area (Å²) in [6, 6.07) is 0.171. The number of nitrogens with one attached hydrogen (secondary N) is 1. The Hall–Kier alpha value is -1.26. The predicted octanol–water partition coefficient (Wildman–Crippen LogP) is 2.46. The SMILES string of the molecule is CC1CCCCCC1NC(=O)N1CCC[C@H](C(=O)O)C1. The van der Waals surface area contributed by atoms with Crippen molar-refractivity contribution in [1.29, 1.82) is 0 Å². The summed E-state index contributed by atoms with van der Waals surface area (Å²) >= 11 is 0. The van der Waals surface area contributed by atoms with Crippen molar-refractivity contribution in [2.45, 2.75) is 57.9 Å². The van der Waals surface area contributed by atoms with E-state index in [-0.39, 0.29) is 12.1 Å². The highest BCUT2D eigenvalue weighted by atomic mass is 16.4. The fraction of sp³-hybridized carbons (Fsp3) is 0.867. The van der Waals surface area contributed by atoms with Crippen LogP contribution in [0.15, 0.2) is 0 Å². The average molecular weight is 282 g/mol. The Labute approximate surface area is 120 Å². The van der Waals surface area contributed by atoms with Gasteiger partial charge in [0, 0.05) is 19.1 Å². The van der Waals surface area contributed by atoms with Crippen molar-refractivity contribution in [3.63, 3.8) is 0 Å². The van der Waals surface area contributed by atoms with Crippen molar-refractivity contribution in [3.8, 4) is 0 Å². The third-order valence-electron chi connectivity index (χ3n) is 4.73. The molecule has 20 heavy (non-hydrogen) atoms. The zero-order valence-electron chi connectivity index (χ0n) is 12.3. The van der Waals surface area contributed by atoms with Crippen molar-refractivity contribution in [2.75, 3.05) is 13.1 Å². The van der Waals surface area contributed by atoms with Crippen LogP contribution >= 0.6 is 0 Å². The maximum atomic E-state index is 12.3. The third kappa shape index (κ3) is 3.87. The fourth-order valence-electron chi connectivity index (χ4n) is 3.32. The van der Waals surface area contributed by atoms with E-state index in [9.17, 15) is 9.59 Å². The van der Waals surface area contributed by atoms with Crippen LogP contribution in [0.4, 0.5) is 4.79 Å². The number of carboxylic acid groups (broad SMARTS) is 1. The lowest BCUT2D eigenvalue weighted by atomic mass is 9.96. The number of piperidine rings is 1. The molecule has 0 aromatic heterocycles. The van der Waals surface area contributed by atoms with Crippen LogP contribution in [0.25, 0.3) is 0 Å². The van der Waals surface area contributed by atoms with Crippen molar-refractivity contribution in [2.24, 2.45) is 11.8 Å². The highest BCUT2D eigenvalue weighted by molar-refractivity contribution is 5.76. The molecule has 0 aromatic rings. The second kappa shape index (κ2) is 6.95. The molecule has 1 saturated heterocycles. The molecule has 3 atom stereocenters. The highest BCUT2D eigenvalue weighted by Crippen LogP contribution is 2.23. The van der Waals surface area contributed by atoms with Crippen molar-refractivity contribution in [1.82, 2.24) is 10.2 Å². The first kappa shape index (κ1) is 15.1. The van der Waals surface area contributed by atoms with Crippen molar-refractivity contribution < 1.29 is 14.7 Å². The van der Waals surface area contributed by atoms with Gasteiger partial charge in [-0.3, -0.25) is 4.79 Å². The minimum atomic E-state index is -0.787. The topological polar surface area (TPSA) is 69.6 Å². The number of carboxylic acids is 1. The number of rotatable bonds is 2. The van der Waals surface area contributed by atoms with Gasteiger partial charge >= 0.3 is 12.0 Å². The Morgan fingerprint density at radius 2 is 1.85 bits per heavy atom. The first-order valence-electron chi connectivity index (χ1n) is 7.86. The Bertz CT molecular complexity index is 359. The predicted molar refractivity (Wildman–Crippen MR) is 76.5 cm³/mol. The summed E-state index contributed by atoms with van der Waals surface area (Å²) in [5, 5.41) is 12.2. The molecule has 2 rings (SSSR count). The smallest absolute Gasteiger partial charge is 0.317 e. The number of amides is 2. The molecule has 2 amide bonds. The van der Waals surface area contributed by atoms with Crippen LogP contribution in [0.1, 0.15) is 51.9 Å². The lowest BCUT2D eigenvalue weighted by Crippen LogP contribution is -2.51. The van der Waals surface area contributed by atoms with Gasteiger partial charge in [0.05, 0.1) is 5.92 Å². The van der Waals surface area contributed by atoms with Gasteiger partial charge in [-0.15, -0.1) is 0 Å². The minimum Gasteiger partial charge on any atom is -0.481 e. The number of aliphatic carboxylic acids is 1. The first-order valence-corrected chi connectivity index (χ1v) is 7.86. The van der Waals surface area contributed by atoms with Crippen LogP contribution in [0.3, 0.4) is 0 Å². The molecule has 1 aliphatic carbocycles. The summed E-state index contributed by atoms with van der Waals surface area (Å²) in [5.41, 5.74) is 0. The molecular weight excluding hydrogens is 256 g/mol. The number of hydrogen-bond acceptors (Lipinski definition) is 2. The minimum absolute atomic E-state index is 0.0744. The molecule has 2 unspecified atom stereocenters. The van der Waals surface area contributed by atoms with E-state index in [2.05, 4.69) is 12.2 Å². The molecule has 2 aliphatic rings. The van der Waals surface area contributed by atoms with Crippen molar-refractivity contribution in [3.05, 3.63) is 0 Å². The maximum Gasteiger partial charge on any atom is 0.317 e. The summed E-state index contributed by atoms with van der Waals surface area (Å²) in [4.78, 5) is 25.0. The molecule has 1 saturated carbocycles. The summed E-state index contributed by atoms with van der Waals surface area (Å²) in [5.74, 6) is -0.673. The number of carbonyl (C=O) groups is 2. The molecule has 1 aliphatic heterocycles. The van der Waals surface area contributed by atoms with Crippen LogP contribution in [-0.4, -0.2) is 41.1 Å². The number of carbonyl (C=O) groups excluding carboxylic acids is 1. The maximum absolute atomic E-state index is 12.3. The van der Waals surface area contributed by atoms with Crippen LogP contribution in [0.5, 0.6) is 0 Å². The van der Waals surface area contributed by atoms with E-state index in [4.69, 9.17) is 5.11 Å². The zero-order chi connectivity index (χ0) is 14.5. The summed E-state index contributed by atoms with van der Waals surface area (Å²) in [6.45, 7) is 3.23. The van der Waals surface area contributed by atoms with Gasteiger partial charge in [0.1, 0.15) is 0 Å². The Morgan fingerprint density at radius 1 is 1.10 bits per heavy atom. The van der Waals surface area contributed by atoms with E-state index in [1.165, 1.54) is 25.7 Å². The van der Waals surface area contributed by atoms with E-state index in [1.807, 2.05) is 0 Å². The number of hydrogen-bond donors (Lipinski definition) is 2. The van der Waals surface area contributed by atoms with Gasteiger partial charge in [0.2, 0.25) is 0 Å². The zero-order valence-corrected chi connectivity index (χ0v) is 12.3. The van der Waals surface area contributed by atoms with Crippen LogP contribution < -0.4 is 5.32 Å². The monoisotopic (exact) mass is 282 g/mol. The highest BCUT2D eigenvalue weighted by Gasteiger charge is 2.30. The molecule has 0 bridgehead atoms. The van der Waals surface area contributed by atoms with E-state index >= 15 is 0 Å². The molecule has 0 aromatic carbocycles. The van der Waals surface area contributed by atoms with E-state index in [1.54, 1.807) is 4.90 Å². The fourth-order valence-corrected chi connectivity index (χ4v) is 3.32. The molecule has 2 fully saturated rings. The number of likely N-dealkylation sites (tertiary alicyclic amines) is 1. The molecule has 0 spiro atoms. The van der Waals surface area contributed by atoms with Gasteiger partial charge in [0.25, 0.3) is 0 Å².